The summed E-state index contributed by atoms with van der Waals surface area (Å²) in [6, 6.07) is 16.9. The van der Waals surface area contributed by atoms with Gasteiger partial charge in [-0.3, -0.25) is 0 Å². The standard InChI is InChI=1S/C17H22N2/c1-3-19(17-11-7-4-8-14(17)2)13-16-10-6-5-9-15(16)12-18/h4-11H,3,12-13,18H2,1-2H3. The van der Waals surface area contributed by atoms with E-state index >= 15 is 0 Å². The van der Waals surface area contributed by atoms with Gasteiger partial charge in [0.15, 0.2) is 0 Å². The quantitative estimate of drug-likeness (QED) is 0.885. The Kier molecular flexibility index (Phi) is 4.58. The van der Waals surface area contributed by atoms with Crippen LogP contribution in [0.2, 0.25) is 0 Å². The van der Waals surface area contributed by atoms with Crippen LogP contribution >= 0.6 is 0 Å². The van der Waals surface area contributed by atoms with Crippen LogP contribution in [-0.4, -0.2) is 6.54 Å². The van der Waals surface area contributed by atoms with Gasteiger partial charge in [-0.25, -0.2) is 0 Å². The highest BCUT2D eigenvalue weighted by molar-refractivity contribution is 5.53. The second-order valence-corrected chi connectivity index (χ2v) is 4.77. The molecule has 100 valence electrons. The van der Waals surface area contributed by atoms with E-state index in [2.05, 4.69) is 67.3 Å². The minimum absolute atomic E-state index is 0.599. The predicted molar refractivity (Wildman–Crippen MR) is 82.2 cm³/mol. The summed E-state index contributed by atoms with van der Waals surface area (Å²) in [5, 5.41) is 0. The zero-order valence-electron chi connectivity index (χ0n) is 11.8. The zero-order chi connectivity index (χ0) is 13.7. The van der Waals surface area contributed by atoms with Crippen LogP contribution in [0.3, 0.4) is 0 Å². The first-order chi connectivity index (χ1) is 9.26. The highest BCUT2D eigenvalue weighted by Crippen LogP contribution is 2.22. The summed E-state index contributed by atoms with van der Waals surface area (Å²) in [5.41, 5.74) is 11.0. The molecule has 0 fully saturated rings. The molecule has 0 amide bonds. The van der Waals surface area contributed by atoms with Crippen LogP contribution in [0.25, 0.3) is 0 Å². The van der Waals surface area contributed by atoms with Gasteiger partial charge >= 0.3 is 0 Å². The second kappa shape index (κ2) is 6.39. The molecule has 2 aromatic carbocycles. The molecule has 0 aromatic heterocycles. The first-order valence-electron chi connectivity index (χ1n) is 6.83. The van der Waals surface area contributed by atoms with Crippen molar-refractivity contribution in [1.82, 2.24) is 0 Å². The Labute approximate surface area is 115 Å². The third kappa shape index (κ3) is 3.15. The van der Waals surface area contributed by atoms with Crippen molar-refractivity contribution in [3.05, 3.63) is 65.2 Å². The van der Waals surface area contributed by atoms with E-state index in [1.54, 1.807) is 0 Å². The third-order valence-corrected chi connectivity index (χ3v) is 3.54. The van der Waals surface area contributed by atoms with E-state index in [-0.39, 0.29) is 0 Å². The van der Waals surface area contributed by atoms with E-state index in [1.807, 2.05) is 0 Å². The molecule has 2 N–H and O–H groups in total. The number of rotatable bonds is 5. The van der Waals surface area contributed by atoms with E-state index in [0.29, 0.717) is 6.54 Å². The molecule has 2 nitrogen and oxygen atoms in total. The number of aryl methyl sites for hydroxylation is 1. The van der Waals surface area contributed by atoms with Crippen LogP contribution in [0.15, 0.2) is 48.5 Å². The van der Waals surface area contributed by atoms with Gasteiger partial charge in [0.25, 0.3) is 0 Å². The topological polar surface area (TPSA) is 29.3 Å². The Balaban J connectivity index is 2.27. The summed E-state index contributed by atoms with van der Waals surface area (Å²) in [7, 11) is 0. The minimum atomic E-state index is 0.599. The summed E-state index contributed by atoms with van der Waals surface area (Å²) in [5.74, 6) is 0. The first-order valence-corrected chi connectivity index (χ1v) is 6.83. The van der Waals surface area contributed by atoms with Gasteiger partial charge in [-0.15, -0.1) is 0 Å². The molecule has 0 atom stereocenters. The summed E-state index contributed by atoms with van der Waals surface area (Å²) in [4.78, 5) is 2.39. The van der Waals surface area contributed by atoms with Gasteiger partial charge in [0, 0.05) is 25.3 Å². The molecule has 0 heterocycles. The Hall–Kier alpha value is -1.80. The number of anilines is 1. The van der Waals surface area contributed by atoms with Crippen LogP contribution in [0, 0.1) is 6.92 Å². The van der Waals surface area contributed by atoms with Gasteiger partial charge in [-0.05, 0) is 36.6 Å². The smallest absolute Gasteiger partial charge is 0.0432 e. The fourth-order valence-electron chi connectivity index (χ4n) is 2.40. The molecule has 0 saturated heterocycles. The monoisotopic (exact) mass is 254 g/mol. The molecular weight excluding hydrogens is 232 g/mol. The molecular formula is C17H22N2. The van der Waals surface area contributed by atoms with E-state index in [4.69, 9.17) is 5.73 Å². The van der Waals surface area contributed by atoms with E-state index < -0.39 is 0 Å². The number of hydrogen-bond donors (Lipinski definition) is 1. The molecule has 2 heteroatoms. The van der Waals surface area contributed by atoms with Gasteiger partial charge in [0.1, 0.15) is 0 Å². The first kappa shape index (κ1) is 13.6. The maximum Gasteiger partial charge on any atom is 0.0432 e. The van der Waals surface area contributed by atoms with Crippen molar-refractivity contribution in [3.63, 3.8) is 0 Å². The molecule has 0 unspecified atom stereocenters. The molecule has 0 bridgehead atoms. The molecule has 0 spiro atoms. The fraction of sp³-hybridized carbons (Fsp3) is 0.294. The van der Waals surface area contributed by atoms with Gasteiger partial charge in [0.2, 0.25) is 0 Å². The lowest BCUT2D eigenvalue weighted by molar-refractivity contribution is 0.816. The number of nitrogens with two attached hydrogens (primary N) is 1. The lowest BCUT2D eigenvalue weighted by Gasteiger charge is -2.26. The molecule has 0 radical (unpaired) electrons. The fourth-order valence-corrected chi connectivity index (χ4v) is 2.40. The molecule has 0 aliphatic carbocycles. The molecule has 19 heavy (non-hydrogen) atoms. The lowest BCUT2D eigenvalue weighted by atomic mass is 10.1. The van der Waals surface area contributed by atoms with Crippen molar-refractivity contribution in [1.29, 1.82) is 0 Å². The maximum absolute atomic E-state index is 5.82. The van der Waals surface area contributed by atoms with Crippen LogP contribution in [-0.2, 0) is 13.1 Å². The average molecular weight is 254 g/mol. The van der Waals surface area contributed by atoms with Crippen molar-refractivity contribution < 1.29 is 0 Å². The van der Waals surface area contributed by atoms with Gasteiger partial charge in [0.05, 0.1) is 0 Å². The van der Waals surface area contributed by atoms with Crippen LogP contribution in [0.1, 0.15) is 23.6 Å². The number of para-hydroxylation sites is 1. The van der Waals surface area contributed by atoms with Crippen LogP contribution < -0.4 is 10.6 Å². The predicted octanol–water partition coefficient (Wildman–Crippen LogP) is 3.48. The van der Waals surface area contributed by atoms with Crippen molar-refractivity contribution >= 4 is 5.69 Å². The van der Waals surface area contributed by atoms with Gasteiger partial charge in [-0.1, -0.05) is 42.5 Å². The minimum Gasteiger partial charge on any atom is -0.367 e. The second-order valence-electron chi connectivity index (χ2n) is 4.77. The summed E-state index contributed by atoms with van der Waals surface area (Å²) in [6.45, 7) is 6.85. The van der Waals surface area contributed by atoms with Gasteiger partial charge < -0.3 is 10.6 Å². The normalized spacial score (nSPS) is 10.5. The number of benzene rings is 2. The lowest BCUT2D eigenvalue weighted by Crippen LogP contribution is -2.23. The summed E-state index contributed by atoms with van der Waals surface area (Å²) >= 11 is 0. The van der Waals surface area contributed by atoms with E-state index in [9.17, 15) is 0 Å². The largest absolute Gasteiger partial charge is 0.367 e. The maximum atomic E-state index is 5.82. The number of hydrogen-bond acceptors (Lipinski definition) is 2. The molecule has 2 aromatic rings. The van der Waals surface area contributed by atoms with Crippen molar-refractivity contribution in [2.24, 2.45) is 5.73 Å². The SMILES string of the molecule is CCN(Cc1ccccc1CN)c1ccccc1C. The van der Waals surface area contributed by atoms with Crippen molar-refractivity contribution in [2.45, 2.75) is 26.9 Å². The zero-order valence-corrected chi connectivity index (χ0v) is 11.8. The highest BCUT2D eigenvalue weighted by atomic mass is 15.1. The van der Waals surface area contributed by atoms with Crippen molar-refractivity contribution in [3.8, 4) is 0 Å². The average Bonchev–Trinajstić information content (AvgIpc) is 2.46. The highest BCUT2D eigenvalue weighted by Gasteiger charge is 2.09. The Morgan fingerprint density at radius 3 is 2.21 bits per heavy atom. The molecule has 0 aliphatic rings. The Bertz CT molecular complexity index is 534. The molecule has 2 rings (SSSR count). The summed E-state index contributed by atoms with van der Waals surface area (Å²) < 4.78 is 0. The third-order valence-electron chi connectivity index (χ3n) is 3.54. The van der Waals surface area contributed by atoms with E-state index in [1.165, 1.54) is 22.4 Å². The molecule has 0 aliphatic heterocycles. The molecule has 0 saturated carbocycles. The number of nitrogens with zero attached hydrogens (tertiary/aromatic N) is 1. The van der Waals surface area contributed by atoms with E-state index in [0.717, 1.165) is 13.1 Å². The van der Waals surface area contributed by atoms with Gasteiger partial charge in [-0.2, -0.15) is 0 Å². The van der Waals surface area contributed by atoms with Crippen LogP contribution in [0.4, 0.5) is 5.69 Å². The van der Waals surface area contributed by atoms with Crippen LogP contribution in [0.5, 0.6) is 0 Å². The Morgan fingerprint density at radius 2 is 1.58 bits per heavy atom. The Morgan fingerprint density at radius 1 is 0.947 bits per heavy atom. The summed E-state index contributed by atoms with van der Waals surface area (Å²) in [6.07, 6.45) is 0. The van der Waals surface area contributed by atoms with Crippen molar-refractivity contribution in [2.75, 3.05) is 11.4 Å².